The van der Waals surface area contributed by atoms with E-state index in [9.17, 15) is 0 Å². The van der Waals surface area contributed by atoms with Crippen molar-refractivity contribution in [2.24, 2.45) is 11.8 Å². The molecule has 1 N–H and O–H groups in total. The Balaban J connectivity index is 2.10. The molecule has 3 nitrogen and oxygen atoms in total. The maximum absolute atomic E-state index is 4.62. The lowest BCUT2D eigenvalue weighted by Gasteiger charge is -2.32. The van der Waals surface area contributed by atoms with Crippen LogP contribution in [-0.2, 0) is 13.0 Å². The van der Waals surface area contributed by atoms with Crippen molar-refractivity contribution < 1.29 is 0 Å². The second-order valence-electron chi connectivity index (χ2n) is 6.28. The second-order valence-corrected chi connectivity index (χ2v) is 7.07. The van der Waals surface area contributed by atoms with Crippen molar-refractivity contribution in [3.8, 4) is 0 Å². The summed E-state index contributed by atoms with van der Waals surface area (Å²) in [5.74, 6) is 1.72. The molecule has 0 bridgehead atoms. The molecule has 0 amide bonds. The number of halogens is 1. The molecule has 1 heterocycles. The predicted octanol–water partition coefficient (Wildman–Crippen LogP) is 3.93. The Bertz CT molecular complexity index is 433. The number of nitrogens with zero attached hydrogens (tertiary/aromatic N) is 2. The van der Waals surface area contributed by atoms with Gasteiger partial charge in [0.15, 0.2) is 0 Å². The van der Waals surface area contributed by atoms with E-state index in [2.05, 4.69) is 58.8 Å². The normalized spacial score (nSPS) is 24.9. The molecule has 0 aliphatic heterocycles. The summed E-state index contributed by atoms with van der Waals surface area (Å²) in [7, 11) is 2.11. The van der Waals surface area contributed by atoms with Gasteiger partial charge in [-0.2, -0.15) is 5.10 Å². The number of rotatable bonds is 5. The minimum atomic E-state index is 0.570. The lowest BCUT2D eigenvalue weighted by atomic mass is 9.78. The summed E-state index contributed by atoms with van der Waals surface area (Å²) in [6.45, 7) is 7.58. The Morgan fingerprint density at radius 1 is 1.35 bits per heavy atom. The molecule has 114 valence electrons. The van der Waals surface area contributed by atoms with Crippen LogP contribution in [0.3, 0.4) is 0 Å². The van der Waals surface area contributed by atoms with Crippen molar-refractivity contribution in [3.05, 3.63) is 15.9 Å². The van der Waals surface area contributed by atoms with Crippen LogP contribution >= 0.6 is 15.9 Å². The topological polar surface area (TPSA) is 29.9 Å². The molecule has 1 saturated carbocycles. The maximum Gasteiger partial charge on any atom is 0.0738 e. The highest BCUT2D eigenvalue weighted by atomic mass is 79.9. The van der Waals surface area contributed by atoms with Gasteiger partial charge in [-0.15, -0.1) is 0 Å². The van der Waals surface area contributed by atoms with Gasteiger partial charge < -0.3 is 5.32 Å². The molecule has 0 radical (unpaired) electrons. The number of likely N-dealkylation sites (N-methyl/N-ethyl adjacent to an activating group) is 1. The van der Waals surface area contributed by atoms with E-state index in [0.29, 0.717) is 6.04 Å². The van der Waals surface area contributed by atoms with Gasteiger partial charge in [-0.05, 0) is 61.5 Å². The molecule has 0 saturated heterocycles. The molecule has 4 heteroatoms. The highest BCUT2D eigenvalue weighted by Gasteiger charge is 2.27. The fourth-order valence-corrected chi connectivity index (χ4v) is 3.91. The van der Waals surface area contributed by atoms with E-state index in [1.54, 1.807) is 0 Å². The summed E-state index contributed by atoms with van der Waals surface area (Å²) in [5.41, 5.74) is 2.46. The molecule has 2 rings (SSSR count). The number of hydrogen-bond acceptors (Lipinski definition) is 2. The van der Waals surface area contributed by atoms with Gasteiger partial charge in [0.05, 0.1) is 15.9 Å². The van der Waals surface area contributed by atoms with E-state index in [1.165, 1.54) is 35.8 Å². The fraction of sp³-hybridized carbons (Fsp3) is 0.812. The van der Waals surface area contributed by atoms with Gasteiger partial charge in [-0.1, -0.05) is 19.8 Å². The van der Waals surface area contributed by atoms with Crippen molar-refractivity contribution in [2.45, 2.75) is 65.5 Å². The van der Waals surface area contributed by atoms with Gasteiger partial charge in [0.1, 0.15) is 0 Å². The zero-order valence-electron chi connectivity index (χ0n) is 13.2. The largest absolute Gasteiger partial charge is 0.316 e. The smallest absolute Gasteiger partial charge is 0.0738 e. The van der Waals surface area contributed by atoms with Crippen LogP contribution in [0, 0.1) is 18.8 Å². The van der Waals surface area contributed by atoms with Crippen molar-refractivity contribution >= 4 is 15.9 Å². The van der Waals surface area contributed by atoms with Crippen molar-refractivity contribution in [1.82, 2.24) is 15.1 Å². The minimum Gasteiger partial charge on any atom is -0.316 e. The number of hydrogen-bond donors (Lipinski definition) is 1. The average molecular weight is 342 g/mol. The summed E-state index contributed by atoms with van der Waals surface area (Å²) >= 11 is 3.72. The standard InChI is InChI=1S/C16H28BrN3/c1-5-20-15(16(17)12(3)19-20)10-14(18-4)13-8-6-11(2)7-9-13/h11,13-14,18H,5-10H2,1-4H3. The van der Waals surface area contributed by atoms with E-state index in [1.807, 2.05) is 0 Å². The van der Waals surface area contributed by atoms with Crippen LogP contribution in [0.15, 0.2) is 4.47 Å². The predicted molar refractivity (Wildman–Crippen MR) is 88.0 cm³/mol. The highest BCUT2D eigenvalue weighted by Crippen LogP contribution is 2.32. The third kappa shape index (κ3) is 3.45. The first kappa shape index (κ1) is 16.0. The molecule has 20 heavy (non-hydrogen) atoms. The summed E-state index contributed by atoms with van der Waals surface area (Å²) < 4.78 is 3.35. The van der Waals surface area contributed by atoms with Crippen LogP contribution < -0.4 is 5.32 Å². The minimum absolute atomic E-state index is 0.570. The molecule has 1 atom stereocenters. The van der Waals surface area contributed by atoms with Gasteiger partial charge in [0, 0.05) is 19.0 Å². The Morgan fingerprint density at radius 3 is 2.55 bits per heavy atom. The Kier molecular flexibility index (Phi) is 5.67. The van der Waals surface area contributed by atoms with E-state index in [-0.39, 0.29) is 0 Å². The van der Waals surface area contributed by atoms with Gasteiger partial charge in [0.25, 0.3) is 0 Å². The van der Waals surface area contributed by atoms with E-state index in [4.69, 9.17) is 0 Å². The summed E-state index contributed by atoms with van der Waals surface area (Å²) in [6.07, 6.45) is 6.57. The first-order chi connectivity index (χ1) is 9.56. The lowest BCUT2D eigenvalue weighted by molar-refractivity contribution is 0.233. The van der Waals surface area contributed by atoms with Crippen molar-refractivity contribution in [3.63, 3.8) is 0 Å². The van der Waals surface area contributed by atoms with E-state index < -0.39 is 0 Å². The molecule has 1 aromatic rings. The van der Waals surface area contributed by atoms with Crippen LogP contribution in [0.25, 0.3) is 0 Å². The zero-order valence-corrected chi connectivity index (χ0v) is 14.8. The quantitative estimate of drug-likeness (QED) is 0.879. The average Bonchev–Trinajstić information content (AvgIpc) is 2.73. The Labute approximate surface area is 131 Å². The molecule has 0 spiro atoms. The molecule has 1 aliphatic rings. The van der Waals surface area contributed by atoms with Crippen LogP contribution in [0.2, 0.25) is 0 Å². The first-order valence-electron chi connectivity index (χ1n) is 7.95. The Morgan fingerprint density at radius 2 is 2.00 bits per heavy atom. The van der Waals surface area contributed by atoms with Crippen molar-refractivity contribution in [1.29, 1.82) is 0 Å². The molecule has 1 aliphatic carbocycles. The summed E-state index contributed by atoms with van der Waals surface area (Å²) in [4.78, 5) is 0. The third-order valence-electron chi connectivity index (χ3n) is 4.87. The SMILES string of the molecule is CCn1nc(C)c(Br)c1CC(NC)C1CCC(C)CC1. The van der Waals surface area contributed by atoms with Gasteiger partial charge in [-0.25, -0.2) is 0 Å². The molecule has 1 aromatic heterocycles. The van der Waals surface area contributed by atoms with Crippen LogP contribution in [-0.4, -0.2) is 22.9 Å². The monoisotopic (exact) mass is 341 g/mol. The lowest BCUT2D eigenvalue weighted by Crippen LogP contribution is -2.38. The number of nitrogens with one attached hydrogen (secondary N) is 1. The van der Waals surface area contributed by atoms with E-state index in [0.717, 1.165) is 30.5 Å². The zero-order chi connectivity index (χ0) is 14.7. The molecular weight excluding hydrogens is 314 g/mol. The first-order valence-corrected chi connectivity index (χ1v) is 8.75. The Hall–Kier alpha value is -0.350. The number of aryl methyl sites for hydroxylation is 2. The van der Waals surface area contributed by atoms with Gasteiger partial charge in [-0.3, -0.25) is 4.68 Å². The summed E-state index contributed by atoms with van der Waals surface area (Å²) in [6, 6.07) is 0.570. The summed E-state index contributed by atoms with van der Waals surface area (Å²) in [5, 5.41) is 8.18. The van der Waals surface area contributed by atoms with E-state index >= 15 is 0 Å². The molecule has 0 aromatic carbocycles. The van der Waals surface area contributed by atoms with Gasteiger partial charge >= 0.3 is 0 Å². The third-order valence-corrected chi connectivity index (χ3v) is 5.90. The van der Waals surface area contributed by atoms with Gasteiger partial charge in [0.2, 0.25) is 0 Å². The second kappa shape index (κ2) is 7.08. The number of aromatic nitrogens is 2. The fourth-order valence-electron chi connectivity index (χ4n) is 3.46. The van der Waals surface area contributed by atoms with Crippen LogP contribution in [0.4, 0.5) is 0 Å². The highest BCUT2D eigenvalue weighted by molar-refractivity contribution is 9.10. The molecular formula is C16H28BrN3. The van der Waals surface area contributed by atoms with Crippen molar-refractivity contribution in [2.75, 3.05) is 7.05 Å². The molecule has 1 unspecified atom stereocenters. The molecule has 1 fully saturated rings. The van der Waals surface area contributed by atoms with Crippen LogP contribution in [0.1, 0.15) is 50.9 Å². The maximum atomic E-state index is 4.62. The van der Waals surface area contributed by atoms with Crippen LogP contribution in [0.5, 0.6) is 0 Å².